The van der Waals surface area contributed by atoms with Crippen molar-refractivity contribution in [3.8, 4) is 0 Å². The van der Waals surface area contributed by atoms with E-state index in [2.05, 4.69) is 9.72 Å². The minimum absolute atomic E-state index is 0.0279. The third kappa shape index (κ3) is 4.45. The lowest BCUT2D eigenvalue weighted by Gasteiger charge is -2.20. The second-order valence-corrected chi connectivity index (χ2v) is 6.54. The molecular formula is C12H17N3O4S2. The van der Waals surface area contributed by atoms with E-state index in [1.54, 1.807) is 0 Å². The molecular weight excluding hydrogens is 314 g/mol. The first-order valence-corrected chi connectivity index (χ1v) is 8.00. The van der Waals surface area contributed by atoms with E-state index in [9.17, 15) is 13.2 Å². The Bertz CT molecular complexity index is 614. The number of nitrogens with zero attached hydrogens (tertiary/aromatic N) is 2. The number of methoxy groups -OCH3 is 1. The van der Waals surface area contributed by atoms with Crippen LogP contribution in [0.2, 0.25) is 0 Å². The van der Waals surface area contributed by atoms with E-state index in [0.717, 1.165) is 4.31 Å². The highest BCUT2D eigenvalue weighted by Crippen LogP contribution is 2.15. The maximum Gasteiger partial charge on any atom is 0.321 e. The zero-order chi connectivity index (χ0) is 16.0. The van der Waals surface area contributed by atoms with Crippen molar-refractivity contribution in [3.63, 3.8) is 0 Å². The van der Waals surface area contributed by atoms with Gasteiger partial charge >= 0.3 is 5.97 Å². The quantitative estimate of drug-likeness (QED) is 0.566. The first kappa shape index (κ1) is 17.5. The van der Waals surface area contributed by atoms with Crippen molar-refractivity contribution in [2.75, 3.05) is 20.2 Å². The molecule has 0 atom stereocenters. The minimum Gasteiger partial charge on any atom is -0.468 e. The standard InChI is InChI=1S/C12H17N3O4S2/c1-3-6-15(8-11(16)19-2)21(17,18)9-4-5-10(12(13)20)14-7-9/h4-5,7H,3,6,8H2,1-2H3,(H2,13,20). The summed E-state index contributed by atoms with van der Waals surface area (Å²) >= 11 is 4.76. The molecule has 0 unspecified atom stereocenters. The van der Waals surface area contributed by atoms with Gasteiger partial charge in [0.05, 0.1) is 12.8 Å². The Kier molecular flexibility index (Phi) is 6.19. The van der Waals surface area contributed by atoms with Crippen molar-refractivity contribution in [2.45, 2.75) is 18.2 Å². The van der Waals surface area contributed by atoms with Crippen LogP contribution >= 0.6 is 12.2 Å². The topological polar surface area (TPSA) is 103 Å². The Morgan fingerprint density at radius 3 is 2.57 bits per heavy atom. The van der Waals surface area contributed by atoms with Crippen molar-refractivity contribution in [2.24, 2.45) is 5.73 Å². The molecule has 1 aromatic rings. The van der Waals surface area contributed by atoms with Gasteiger partial charge in [-0.3, -0.25) is 9.78 Å². The molecule has 0 spiro atoms. The Balaban J connectivity index is 3.09. The van der Waals surface area contributed by atoms with Gasteiger partial charge in [0, 0.05) is 12.7 Å². The summed E-state index contributed by atoms with van der Waals surface area (Å²) in [5.41, 5.74) is 5.74. The SMILES string of the molecule is CCCN(CC(=O)OC)S(=O)(=O)c1ccc(C(N)=S)nc1. The Morgan fingerprint density at radius 2 is 2.14 bits per heavy atom. The van der Waals surface area contributed by atoms with Crippen LogP contribution in [0.15, 0.2) is 23.2 Å². The van der Waals surface area contributed by atoms with E-state index >= 15 is 0 Å². The van der Waals surface area contributed by atoms with Gasteiger partial charge in [-0.25, -0.2) is 8.42 Å². The number of aromatic nitrogens is 1. The molecule has 0 aliphatic heterocycles. The largest absolute Gasteiger partial charge is 0.468 e. The molecule has 21 heavy (non-hydrogen) atoms. The highest BCUT2D eigenvalue weighted by molar-refractivity contribution is 7.89. The van der Waals surface area contributed by atoms with Gasteiger partial charge in [0.25, 0.3) is 0 Å². The molecule has 9 heteroatoms. The molecule has 0 fully saturated rings. The van der Waals surface area contributed by atoms with Crippen LogP contribution in [-0.2, 0) is 19.6 Å². The number of thiocarbonyl (C=S) groups is 1. The number of carbonyl (C=O) groups is 1. The summed E-state index contributed by atoms with van der Waals surface area (Å²) in [5, 5.41) is 0. The van der Waals surface area contributed by atoms with Crippen LogP contribution < -0.4 is 5.73 Å². The number of hydrogen-bond acceptors (Lipinski definition) is 6. The van der Waals surface area contributed by atoms with E-state index in [1.807, 2.05) is 6.92 Å². The predicted octanol–water partition coefficient (Wildman–Crippen LogP) is 0.289. The number of pyridine rings is 1. The maximum absolute atomic E-state index is 12.5. The summed E-state index contributed by atoms with van der Waals surface area (Å²) in [5.74, 6) is -0.625. The summed E-state index contributed by atoms with van der Waals surface area (Å²) in [7, 11) is -2.62. The van der Waals surface area contributed by atoms with Gasteiger partial charge < -0.3 is 10.5 Å². The fourth-order valence-corrected chi connectivity index (χ4v) is 3.11. The lowest BCUT2D eigenvalue weighted by Crippen LogP contribution is -2.36. The first-order chi connectivity index (χ1) is 9.82. The fraction of sp³-hybridized carbons (Fsp3) is 0.417. The molecule has 0 aliphatic carbocycles. The van der Waals surface area contributed by atoms with Gasteiger partial charge in [-0.15, -0.1) is 0 Å². The Hall–Kier alpha value is -1.58. The number of rotatable bonds is 7. The monoisotopic (exact) mass is 331 g/mol. The van der Waals surface area contributed by atoms with E-state index < -0.39 is 16.0 Å². The molecule has 1 rings (SSSR count). The summed E-state index contributed by atoms with van der Waals surface area (Å²) in [6.45, 7) is 1.67. The number of hydrogen-bond donors (Lipinski definition) is 1. The minimum atomic E-state index is -3.82. The normalized spacial score (nSPS) is 11.4. The zero-order valence-electron chi connectivity index (χ0n) is 11.8. The van der Waals surface area contributed by atoms with E-state index in [0.29, 0.717) is 12.1 Å². The molecule has 1 heterocycles. The van der Waals surface area contributed by atoms with Crippen molar-refractivity contribution in [1.82, 2.24) is 9.29 Å². The van der Waals surface area contributed by atoms with Gasteiger partial charge in [-0.2, -0.15) is 4.31 Å². The van der Waals surface area contributed by atoms with Crippen LogP contribution in [-0.4, -0.2) is 48.9 Å². The highest BCUT2D eigenvalue weighted by atomic mass is 32.2. The summed E-state index contributed by atoms with van der Waals surface area (Å²) in [6, 6.07) is 2.79. The first-order valence-electron chi connectivity index (χ1n) is 6.15. The molecule has 2 N–H and O–H groups in total. The van der Waals surface area contributed by atoms with E-state index in [1.165, 1.54) is 25.4 Å². The van der Waals surface area contributed by atoms with Crippen LogP contribution in [0, 0.1) is 0 Å². The van der Waals surface area contributed by atoms with Gasteiger partial charge in [-0.1, -0.05) is 19.1 Å². The number of esters is 1. The third-order valence-corrected chi connectivity index (χ3v) is 4.67. The molecule has 0 amide bonds. The highest BCUT2D eigenvalue weighted by Gasteiger charge is 2.26. The maximum atomic E-state index is 12.5. The smallest absolute Gasteiger partial charge is 0.321 e. The third-order valence-electron chi connectivity index (χ3n) is 2.63. The number of carbonyl (C=O) groups excluding carboxylic acids is 1. The lowest BCUT2D eigenvalue weighted by molar-refractivity contribution is -0.140. The predicted molar refractivity (Wildman–Crippen MR) is 81.2 cm³/mol. The molecule has 0 saturated carbocycles. The molecule has 0 bridgehead atoms. The summed E-state index contributed by atoms with van der Waals surface area (Å²) in [6.07, 6.45) is 1.73. The van der Waals surface area contributed by atoms with Crippen LogP contribution in [0.1, 0.15) is 19.0 Å². The van der Waals surface area contributed by atoms with Crippen molar-refractivity contribution in [1.29, 1.82) is 0 Å². The molecule has 7 nitrogen and oxygen atoms in total. The second-order valence-electron chi connectivity index (χ2n) is 4.16. The van der Waals surface area contributed by atoms with Crippen LogP contribution in [0.25, 0.3) is 0 Å². The number of nitrogens with two attached hydrogens (primary N) is 1. The van der Waals surface area contributed by atoms with Gasteiger partial charge in [0.1, 0.15) is 16.4 Å². The fourth-order valence-electron chi connectivity index (χ4n) is 1.57. The van der Waals surface area contributed by atoms with Crippen molar-refractivity contribution in [3.05, 3.63) is 24.0 Å². The van der Waals surface area contributed by atoms with Crippen molar-refractivity contribution >= 4 is 33.2 Å². The molecule has 116 valence electrons. The molecule has 0 aliphatic rings. The number of ether oxygens (including phenoxy) is 1. The summed E-state index contributed by atoms with van der Waals surface area (Å²) < 4.78 is 30.5. The molecule has 0 saturated heterocycles. The molecule has 0 radical (unpaired) electrons. The molecule has 1 aromatic heterocycles. The lowest BCUT2D eigenvalue weighted by atomic mass is 10.3. The Morgan fingerprint density at radius 1 is 1.48 bits per heavy atom. The van der Waals surface area contributed by atoms with Gasteiger partial charge in [0.2, 0.25) is 10.0 Å². The van der Waals surface area contributed by atoms with Crippen LogP contribution in [0.5, 0.6) is 0 Å². The van der Waals surface area contributed by atoms with Gasteiger partial charge in [-0.05, 0) is 18.6 Å². The van der Waals surface area contributed by atoms with Crippen LogP contribution in [0.4, 0.5) is 0 Å². The zero-order valence-corrected chi connectivity index (χ0v) is 13.4. The van der Waals surface area contributed by atoms with E-state index in [-0.39, 0.29) is 23.0 Å². The Labute approximate surface area is 129 Å². The summed E-state index contributed by atoms with van der Waals surface area (Å²) in [4.78, 5) is 15.3. The van der Waals surface area contributed by atoms with Gasteiger partial charge in [0.15, 0.2) is 0 Å². The molecule has 0 aromatic carbocycles. The average molecular weight is 331 g/mol. The van der Waals surface area contributed by atoms with Crippen molar-refractivity contribution < 1.29 is 17.9 Å². The van der Waals surface area contributed by atoms with E-state index in [4.69, 9.17) is 18.0 Å². The van der Waals surface area contributed by atoms with Crippen LogP contribution in [0.3, 0.4) is 0 Å². The average Bonchev–Trinajstić information content (AvgIpc) is 2.46. The second kappa shape index (κ2) is 7.43. The number of sulfonamides is 1.